The summed E-state index contributed by atoms with van der Waals surface area (Å²) in [6.07, 6.45) is 0.893. The third-order valence-corrected chi connectivity index (χ3v) is 4.58. The highest BCUT2D eigenvalue weighted by Gasteiger charge is 2.34. The molecule has 3 N–H and O–H groups in total. The molecule has 0 aromatic heterocycles. The van der Waals surface area contributed by atoms with Gasteiger partial charge >= 0.3 is 12.0 Å². The summed E-state index contributed by atoms with van der Waals surface area (Å²) < 4.78 is 0. The molecule has 0 aromatic carbocycles. The second-order valence-corrected chi connectivity index (χ2v) is 6.00. The third kappa shape index (κ3) is 4.26. The Kier molecular flexibility index (Phi) is 5.93. The van der Waals surface area contributed by atoms with E-state index in [4.69, 9.17) is 5.11 Å². The zero-order valence-electron chi connectivity index (χ0n) is 11.5. The van der Waals surface area contributed by atoms with E-state index in [1.807, 2.05) is 0 Å². The van der Waals surface area contributed by atoms with Gasteiger partial charge in [0.1, 0.15) is 6.04 Å². The molecule has 0 radical (unpaired) electrons. The van der Waals surface area contributed by atoms with E-state index < -0.39 is 12.0 Å². The molecule has 2 rings (SSSR count). The van der Waals surface area contributed by atoms with Gasteiger partial charge in [0.2, 0.25) is 0 Å². The Hall–Kier alpha value is -0.990. The van der Waals surface area contributed by atoms with Crippen molar-refractivity contribution in [1.82, 2.24) is 20.4 Å². The van der Waals surface area contributed by atoms with Gasteiger partial charge in [-0.25, -0.2) is 9.59 Å². The van der Waals surface area contributed by atoms with Gasteiger partial charge < -0.3 is 25.5 Å². The topological polar surface area (TPSA) is 84.9 Å². The first-order valence-corrected chi connectivity index (χ1v) is 8.12. The lowest BCUT2D eigenvalue weighted by Gasteiger charge is -2.27. The molecule has 1 atom stereocenters. The van der Waals surface area contributed by atoms with Gasteiger partial charge in [-0.05, 0) is 13.0 Å². The van der Waals surface area contributed by atoms with Crippen LogP contribution < -0.4 is 10.6 Å². The average Bonchev–Trinajstić information content (AvgIpc) is 2.94. The first-order valence-electron chi connectivity index (χ1n) is 6.96. The summed E-state index contributed by atoms with van der Waals surface area (Å²) in [6.45, 7) is 5.72. The first-order chi connectivity index (χ1) is 9.68. The van der Waals surface area contributed by atoms with Crippen molar-refractivity contribution >= 4 is 23.8 Å². The average molecular weight is 302 g/mol. The number of urea groups is 1. The fourth-order valence-corrected chi connectivity index (χ4v) is 3.53. The zero-order valence-corrected chi connectivity index (χ0v) is 12.3. The number of thioether (sulfide) groups is 1. The molecule has 0 aliphatic carbocycles. The zero-order chi connectivity index (χ0) is 14.4. The number of amides is 2. The van der Waals surface area contributed by atoms with Crippen LogP contribution in [0.15, 0.2) is 0 Å². The molecule has 2 fully saturated rings. The predicted molar refractivity (Wildman–Crippen MR) is 77.9 cm³/mol. The Morgan fingerprint density at radius 3 is 2.80 bits per heavy atom. The van der Waals surface area contributed by atoms with Crippen LogP contribution in [0.3, 0.4) is 0 Å². The van der Waals surface area contributed by atoms with Crippen LogP contribution in [0, 0.1) is 0 Å². The number of nitrogens with one attached hydrogen (secondary N) is 2. The van der Waals surface area contributed by atoms with E-state index in [1.165, 1.54) is 16.7 Å². The molecule has 20 heavy (non-hydrogen) atoms. The van der Waals surface area contributed by atoms with Crippen molar-refractivity contribution in [2.24, 2.45) is 0 Å². The van der Waals surface area contributed by atoms with E-state index in [9.17, 15) is 9.59 Å². The van der Waals surface area contributed by atoms with E-state index in [1.54, 1.807) is 0 Å². The van der Waals surface area contributed by atoms with Gasteiger partial charge in [-0.3, -0.25) is 0 Å². The highest BCUT2D eigenvalue weighted by Crippen LogP contribution is 2.20. The lowest BCUT2D eigenvalue weighted by Crippen LogP contribution is -2.48. The molecule has 2 aliphatic rings. The van der Waals surface area contributed by atoms with Crippen molar-refractivity contribution in [2.45, 2.75) is 12.5 Å². The third-order valence-electron chi connectivity index (χ3n) is 3.57. The summed E-state index contributed by atoms with van der Waals surface area (Å²) in [5.41, 5.74) is 0. The molecule has 0 aromatic rings. The van der Waals surface area contributed by atoms with Gasteiger partial charge in [-0.1, -0.05) is 0 Å². The lowest BCUT2D eigenvalue weighted by atomic mass is 10.3. The Balaban J connectivity index is 1.63. The van der Waals surface area contributed by atoms with Crippen LogP contribution >= 0.6 is 11.8 Å². The number of carboxylic acid groups (broad SMARTS) is 1. The quantitative estimate of drug-likeness (QED) is 0.591. The summed E-state index contributed by atoms with van der Waals surface area (Å²) in [7, 11) is 0. The summed E-state index contributed by atoms with van der Waals surface area (Å²) in [5.74, 6) is 0.00962. The fraction of sp³-hybridized carbons (Fsp3) is 0.833. The lowest BCUT2D eigenvalue weighted by molar-refractivity contribution is -0.140. The van der Waals surface area contributed by atoms with Crippen molar-refractivity contribution in [2.75, 3.05) is 50.9 Å². The molecule has 2 aliphatic heterocycles. The fourth-order valence-electron chi connectivity index (χ4n) is 2.38. The van der Waals surface area contributed by atoms with Crippen molar-refractivity contribution in [3.8, 4) is 0 Å². The van der Waals surface area contributed by atoms with Crippen LogP contribution in [0.4, 0.5) is 4.79 Å². The van der Waals surface area contributed by atoms with Gasteiger partial charge in [0.15, 0.2) is 0 Å². The predicted octanol–water partition coefficient (Wildman–Crippen LogP) is -0.549. The van der Waals surface area contributed by atoms with E-state index in [0.717, 1.165) is 39.1 Å². The largest absolute Gasteiger partial charge is 0.480 e. The van der Waals surface area contributed by atoms with E-state index >= 15 is 0 Å². The number of carbonyl (C=O) groups is 2. The van der Waals surface area contributed by atoms with Crippen molar-refractivity contribution in [1.29, 1.82) is 0 Å². The molecule has 0 spiro atoms. The van der Waals surface area contributed by atoms with Crippen LogP contribution in [0.1, 0.15) is 6.42 Å². The van der Waals surface area contributed by atoms with E-state index in [-0.39, 0.29) is 6.03 Å². The molecule has 114 valence electrons. The van der Waals surface area contributed by atoms with Crippen LogP contribution in [-0.2, 0) is 4.79 Å². The van der Waals surface area contributed by atoms with Crippen molar-refractivity contribution in [3.63, 3.8) is 0 Å². The molecule has 2 amide bonds. The standard InChI is InChI=1S/C12H22N4O3S/c17-11(18)10-8-20-9-16(10)12(19)14-2-1-5-15-6-3-13-4-7-15/h10,13H,1-9H2,(H,14,19)(H,17,18). The maximum Gasteiger partial charge on any atom is 0.327 e. The molecular formula is C12H22N4O3S. The Morgan fingerprint density at radius 2 is 2.10 bits per heavy atom. The molecule has 2 saturated heterocycles. The number of nitrogens with zero attached hydrogens (tertiary/aromatic N) is 2. The normalized spacial score (nSPS) is 23.8. The Labute approximate surface area is 123 Å². The molecule has 1 unspecified atom stereocenters. The number of piperazine rings is 1. The number of rotatable bonds is 5. The maximum atomic E-state index is 11.9. The number of carboxylic acids is 1. The van der Waals surface area contributed by atoms with Crippen LogP contribution in [0.25, 0.3) is 0 Å². The minimum Gasteiger partial charge on any atom is -0.480 e. The highest BCUT2D eigenvalue weighted by atomic mass is 32.2. The monoisotopic (exact) mass is 302 g/mol. The SMILES string of the molecule is O=C(O)C1CSCN1C(=O)NCCCN1CCNCC1. The highest BCUT2D eigenvalue weighted by molar-refractivity contribution is 7.99. The van der Waals surface area contributed by atoms with E-state index in [0.29, 0.717) is 18.2 Å². The van der Waals surface area contributed by atoms with Crippen LogP contribution in [0.5, 0.6) is 0 Å². The summed E-state index contributed by atoms with van der Waals surface area (Å²) >= 11 is 1.48. The maximum absolute atomic E-state index is 11.9. The molecule has 2 heterocycles. The second-order valence-electron chi connectivity index (χ2n) is 5.00. The molecule has 0 saturated carbocycles. The van der Waals surface area contributed by atoms with Crippen molar-refractivity contribution < 1.29 is 14.7 Å². The molecular weight excluding hydrogens is 280 g/mol. The number of hydrogen-bond acceptors (Lipinski definition) is 5. The Morgan fingerprint density at radius 1 is 1.35 bits per heavy atom. The minimum atomic E-state index is -0.925. The van der Waals surface area contributed by atoms with E-state index in [2.05, 4.69) is 15.5 Å². The van der Waals surface area contributed by atoms with Crippen LogP contribution in [0.2, 0.25) is 0 Å². The number of hydrogen-bond donors (Lipinski definition) is 3. The van der Waals surface area contributed by atoms with Gasteiger partial charge in [0, 0.05) is 38.5 Å². The second kappa shape index (κ2) is 7.70. The van der Waals surface area contributed by atoms with Crippen molar-refractivity contribution in [3.05, 3.63) is 0 Å². The van der Waals surface area contributed by atoms with Crippen LogP contribution in [-0.4, -0.2) is 83.8 Å². The molecule has 7 nitrogen and oxygen atoms in total. The summed E-state index contributed by atoms with van der Waals surface area (Å²) in [5, 5.41) is 15.1. The number of carbonyl (C=O) groups excluding carboxylic acids is 1. The number of aliphatic carboxylic acids is 1. The van der Waals surface area contributed by atoms with Gasteiger partial charge in [0.25, 0.3) is 0 Å². The molecule has 8 heteroatoms. The smallest absolute Gasteiger partial charge is 0.327 e. The van der Waals surface area contributed by atoms with Gasteiger partial charge in [0.05, 0.1) is 5.88 Å². The summed E-state index contributed by atoms with van der Waals surface area (Å²) in [6, 6.07) is -0.948. The van der Waals surface area contributed by atoms with Gasteiger partial charge in [-0.2, -0.15) is 0 Å². The first kappa shape index (κ1) is 15.4. The minimum absolute atomic E-state index is 0.261. The summed E-state index contributed by atoms with van der Waals surface area (Å²) in [4.78, 5) is 26.7. The van der Waals surface area contributed by atoms with Gasteiger partial charge in [-0.15, -0.1) is 11.8 Å². The molecule has 0 bridgehead atoms. The Bertz CT molecular complexity index is 350.